The first-order valence-electron chi connectivity index (χ1n) is 10.8. The third-order valence-electron chi connectivity index (χ3n) is 5.63. The van der Waals surface area contributed by atoms with Crippen LogP contribution in [-0.4, -0.2) is 30.9 Å². The first kappa shape index (κ1) is 25.7. The number of halogens is 3. The number of nitrogens with zero attached hydrogens (tertiary/aromatic N) is 2. The van der Waals surface area contributed by atoms with Gasteiger partial charge in [0.25, 0.3) is 15.9 Å². The fourth-order valence-corrected chi connectivity index (χ4v) is 4.84. The van der Waals surface area contributed by atoms with Crippen LogP contribution < -0.4 is 21.2 Å². The van der Waals surface area contributed by atoms with Gasteiger partial charge in [-0.3, -0.25) is 14.3 Å². The minimum absolute atomic E-state index is 0.0721. The molecule has 0 aliphatic carbocycles. The lowest BCUT2D eigenvalue weighted by Gasteiger charge is -2.16. The molecule has 0 aliphatic heterocycles. The van der Waals surface area contributed by atoms with Crippen molar-refractivity contribution in [3.63, 3.8) is 0 Å². The van der Waals surface area contributed by atoms with E-state index in [1.807, 2.05) is 4.72 Å². The van der Waals surface area contributed by atoms with Gasteiger partial charge in [-0.1, -0.05) is 6.07 Å². The Morgan fingerprint density at radius 1 is 1.03 bits per heavy atom. The molecule has 0 saturated heterocycles. The number of fused-ring (bicyclic) bond motifs is 1. The number of aromatic nitrogens is 2. The van der Waals surface area contributed by atoms with Crippen LogP contribution >= 0.6 is 0 Å². The molecule has 37 heavy (non-hydrogen) atoms. The number of carbonyl (C=O) groups excluding carboxylic acids is 1. The van der Waals surface area contributed by atoms with E-state index in [2.05, 4.69) is 10.3 Å². The molecule has 0 bridgehead atoms. The van der Waals surface area contributed by atoms with Crippen LogP contribution in [-0.2, 0) is 16.6 Å². The molecule has 4 aromatic rings. The van der Waals surface area contributed by atoms with Crippen molar-refractivity contribution in [2.75, 3.05) is 17.5 Å². The van der Waals surface area contributed by atoms with Crippen molar-refractivity contribution in [1.82, 2.24) is 14.9 Å². The third-order valence-corrected chi connectivity index (χ3v) is 6.99. The van der Waals surface area contributed by atoms with Gasteiger partial charge in [0.15, 0.2) is 11.6 Å². The van der Waals surface area contributed by atoms with E-state index in [9.17, 15) is 31.2 Å². The van der Waals surface area contributed by atoms with Crippen molar-refractivity contribution in [2.45, 2.75) is 18.4 Å². The lowest BCUT2D eigenvalue weighted by Crippen LogP contribution is -2.30. The summed E-state index contributed by atoms with van der Waals surface area (Å²) in [4.78, 5) is 28.9. The largest absolute Gasteiger partial charge is 0.384 e. The third kappa shape index (κ3) is 4.60. The SMILES string of the molecule is CCn1c(N)c(C(=O)NC)c(=O)c2ccc(-c3ccc(NS(=O)(=O)c4ccc(F)c(F)c4)c(F)c3)nc21. The summed E-state index contributed by atoms with van der Waals surface area (Å²) in [6.45, 7) is 2.03. The van der Waals surface area contributed by atoms with E-state index < -0.39 is 49.4 Å². The second kappa shape index (κ2) is 9.58. The molecular weight excluding hydrogens is 511 g/mol. The Labute approximate surface area is 208 Å². The molecule has 0 fully saturated rings. The quantitative estimate of drug-likeness (QED) is 0.350. The molecule has 192 valence electrons. The zero-order valence-electron chi connectivity index (χ0n) is 19.5. The molecule has 0 spiro atoms. The Morgan fingerprint density at radius 3 is 2.38 bits per heavy atom. The van der Waals surface area contributed by atoms with Crippen LogP contribution in [0.1, 0.15) is 17.3 Å². The number of sulfonamides is 1. The van der Waals surface area contributed by atoms with Crippen LogP contribution in [0.25, 0.3) is 22.3 Å². The van der Waals surface area contributed by atoms with Gasteiger partial charge in [-0.2, -0.15) is 0 Å². The molecule has 4 N–H and O–H groups in total. The first-order valence-corrected chi connectivity index (χ1v) is 12.3. The maximum Gasteiger partial charge on any atom is 0.262 e. The highest BCUT2D eigenvalue weighted by Gasteiger charge is 2.22. The van der Waals surface area contributed by atoms with E-state index in [1.165, 1.54) is 29.8 Å². The molecule has 9 nitrogen and oxygen atoms in total. The second-order valence-corrected chi connectivity index (χ2v) is 9.54. The number of nitrogens with two attached hydrogens (primary N) is 1. The van der Waals surface area contributed by atoms with Gasteiger partial charge in [-0.25, -0.2) is 26.6 Å². The Balaban J connectivity index is 1.74. The first-order chi connectivity index (χ1) is 17.5. The van der Waals surface area contributed by atoms with Gasteiger partial charge < -0.3 is 15.6 Å². The van der Waals surface area contributed by atoms with E-state index >= 15 is 0 Å². The average Bonchev–Trinajstić information content (AvgIpc) is 2.86. The highest BCUT2D eigenvalue weighted by Crippen LogP contribution is 2.27. The summed E-state index contributed by atoms with van der Waals surface area (Å²) in [5.74, 6) is -4.27. The number of hydrogen-bond acceptors (Lipinski definition) is 6. The fourth-order valence-electron chi connectivity index (χ4n) is 3.76. The molecule has 13 heteroatoms. The number of rotatable bonds is 6. The Kier molecular flexibility index (Phi) is 6.65. The molecule has 0 aliphatic rings. The Hall–Kier alpha value is -4.39. The van der Waals surface area contributed by atoms with Crippen molar-refractivity contribution in [3.05, 3.63) is 81.8 Å². The van der Waals surface area contributed by atoms with Crippen molar-refractivity contribution >= 4 is 38.5 Å². The highest BCUT2D eigenvalue weighted by molar-refractivity contribution is 7.92. The lowest BCUT2D eigenvalue weighted by atomic mass is 10.1. The number of nitrogens with one attached hydrogen (secondary N) is 2. The molecule has 0 atom stereocenters. The fraction of sp³-hybridized carbons (Fsp3) is 0.125. The van der Waals surface area contributed by atoms with Crippen molar-refractivity contribution in [3.8, 4) is 11.3 Å². The standard InChI is InChI=1S/C24H20F3N5O4S/c1-3-32-22(28)20(24(34)29-2)21(33)14-6-9-18(30-23(14)32)12-4-8-19(17(27)10-12)31-37(35,36)13-5-7-15(25)16(26)11-13/h4-11,31H,3,28H2,1-2H3,(H,29,34). The van der Waals surface area contributed by atoms with Crippen LogP contribution in [0.15, 0.2) is 58.2 Å². The monoisotopic (exact) mass is 531 g/mol. The van der Waals surface area contributed by atoms with E-state index in [-0.39, 0.29) is 40.2 Å². The van der Waals surface area contributed by atoms with Crippen molar-refractivity contribution in [1.29, 1.82) is 0 Å². The average molecular weight is 532 g/mol. The zero-order valence-corrected chi connectivity index (χ0v) is 20.3. The van der Waals surface area contributed by atoms with Crippen LogP contribution in [0, 0.1) is 17.5 Å². The summed E-state index contributed by atoms with van der Waals surface area (Å²) >= 11 is 0. The summed E-state index contributed by atoms with van der Waals surface area (Å²) in [5.41, 5.74) is 5.51. The number of nitrogen functional groups attached to an aromatic ring is 1. The molecular formula is C24H20F3N5O4S. The van der Waals surface area contributed by atoms with Gasteiger partial charge in [0, 0.05) is 19.2 Å². The van der Waals surface area contributed by atoms with Gasteiger partial charge in [0.1, 0.15) is 22.8 Å². The normalized spacial score (nSPS) is 11.5. The highest BCUT2D eigenvalue weighted by atomic mass is 32.2. The molecule has 4 rings (SSSR count). The number of carbonyl (C=O) groups is 1. The summed E-state index contributed by atoms with van der Waals surface area (Å²) in [5, 5.41) is 2.52. The van der Waals surface area contributed by atoms with E-state index in [1.54, 1.807) is 6.92 Å². The minimum atomic E-state index is -4.41. The maximum atomic E-state index is 14.9. The second-order valence-electron chi connectivity index (χ2n) is 7.86. The molecule has 2 aromatic carbocycles. The van der Waals surface area contributed by atoms with Crippen LogP contribution in [0.2, 0.25) is 0 Å². The van der Waals surface area contributed by atoms with Crippen molar-refractivity contribution in [2.24, 2.45) is 0 Å². The van der Waals surface area contributed by atoms with Crippen LogP contribution in [0.3, 0.4) is 0 Å². The van der Waals surface area contributed by atoms with Crippen molar-refractivity contribution < 1.29 is 26.4 Å². The molecule has 2 heterocycles. The van der Waals surface area contributed by atoms with Gasteiger partial charge in [-0.15, -0.1) is 0 Å². The van der Waals surface area contributed by atoms with E-state index in [4.69, 9.17) is 5.73 Å². The van der Waals surface area contributed by atoms with E-state index in [0.717, 1.165) is 18.2 Å². The van der Waals surface area contributed by atoms with Gasteiger partial charge in [0.05, 0.1) is 21.7 Å². The predicted molar refractivity (Wildman–Crippen MR) is 132 cm³/mol. The number of pyridine rings is 2. The molecule has 0 unspecified atom stereocenters. The number of hydrogen-bond donors (Lipinski definition) is 3. The maximum absolute atomic E-state index is 14.9. The summed E-state index contributed by atoms with van der Waals surface area (Å²) in [6.07, 6.45) is 0. The van der Waals surface area contributed by atoms with Crippen LogP contribution in [0.5, 0.6) is 0 Å². The predicted octanol–water partition coefficient (Wildman–Crippen LogP) is 3.24. The zero-order chi connectivity index (χ0) is 27.1. The topological polar surface area (TPSA) is 136 Å². The molecule has 2 aromatic heterocycles. The smallest absolute Gasteiger partial charge is 0.262 e. The van der Waals surface area contributed by atoms with Gasteiger partial charge in [-0.05, 0) is 49.4 Å². The molecule has 0 radical (unpaired) electrons. The molecule has 1 amide bonds. The summed E-state index contributed by atoms with van der Waals surface area (Å²) < 4.78 is 70.0. The molecule has 0 saturated carbocycles. The number of amides is 1. The van der Waals surface area contributed by atoms with Gasteiger partial charge in [0.2, 0.25) is 5.43 Å². The van der Waals surface area contributed by atoms with E-state index in [0.29, 0.717) is 12.1 Å². The number of benzene rings is 2. The van der Waals surface area contributed by atoms with Gasteiger partial charge >= 0.3 is 0 Å². The summed E-state index contributed by atoms with van der Waals surface area (Å²) in [7, 11) is -3.04. The minimum Gasteiger partial charge on any atom is -0.384 e. The summed E-state index contributed by atoms with van der Waals surface area (Å²) in [6, 6.07) is 8.42. The Bertz CT molecular complexity index is 1740. The van der Waals surface area contributed by atoms with Crippen LogP contribution in [0.4, 0.5) is 24.7 Å². The lowest BCUT2D eigenvalue weighted by molar-refractivity contribution is 0.0962. The number of aryl methyl sites for hydroxylation is 1. The number of anilines is 2. The Morgan fingerprint density at radius 2 is 1.76 bits per heavy atom.